The molecule has 1 saturated heterocycles. The summed E-state index contributed by atoms with van der Waals surface area (Å²) >= 11 is 0. The van der Waals surface area contributed by atoms with Gasteiger partial charge in [0.05, 0.1) is 17.2 Å². The van der Waals surface area contributed by atoms with Gasteiger partial charge in [0.2, 0.25) is 0 Å². The van der Waals surface area contributed by atoms with Gasteiger partial charge in [-0.3, -0.25) is 4.79 Å². The number of Topliss-reactive ketones (excluding diaryl/α,β-unsaturated/α-hetero) is 1. The van der Waals surface area contributed by atoms with E-state index in [0.29, 0.717) is 30.8 Å². The van der Waals surface area contributed by atoms with E-state index >= 15 is 0 Å². The molecule has 0 amide bonds. The molecule has 2 atom stereocenters. The Labute approximate surface area is 178 Å². The van der Waals surface area contributed by atoms with Crippen LogP contribution in [0, 0.1) is 0 Å². The van der Waals surface area contributed by atoms with Crippen molar-refractivity contribution in [1.82, 2.24) is 5.32 Å². The summed E-state index contributed by atoms with van der Waals surface area (Å²) in [5.74, 6) is -2.10. The van der Waals surface area contributed by atoms with Crippen LogP contribution in [0.15, 0.2) is 46.8 Å². The number of nitrogens with one attached hydrogen (secondary N) is 1. The van der Waals surface area contributed by atoms with Crippen LogP contribution in [0.1, 0.15) is 56.1 Å². The number of esters is 1. The Morgan fingerprint density at radius 2 is 2.00 bits per heavy atom. The van der Waals surface area contributed by atoms with Crippen molar-refractivity contribution in [2.24, 2.45) is 0 Å². The SMILES string of the molecule is CC1=C(C(=O)OC[C@@H]2CCCO2)[C@H](c2ccccc2C(F)(F)F)C2=C(CCCC2=O)N1. The first kappa shape index (κ1) is 21.6. The Morgan fingerprint density at radius 1 is 1.23 bits per heavy atom. The minimum absolute atomic E-state index is 0.0309. The molecular formula is C23H24F3NO4. The van der Waals surface area contributed by atoms with Gasteiger partial charge in [0.25, 0.3) is 0 Å². The first-order valence-electron chi connectivity index (χ1n) is 10.5. The van der Waals surface area contributed by atoms with Crippen LogP contribution in [-0.2, 0) is 25.2 Å². The van der Waals surface area contributed by atoms with Crippen LogP contribution in [0.5, 0.6) is 0 Å². The van der Waals surface area contributed by atoms with Gasteiger partial charge in [-0.05, 0) is 44.2 Å². The standard InChI is InChI=1S/C23H24F3NO4/c1-13-19(22(29)31-12-14-6-5-11-30-14)20(21-17(27-13)9-4-10-18(21)28)15-7-2-3-8-16(15)23(24,25)26/h2-3,7-8,14,20,27H,4-6,9-12H2,1H3/t14-,20-/m0/s1. The zero-order valence-electron chi connectivity index (χ0n) is 17.2. The molecule has 5 nitrogen and oxygen atoms in total. The van der Waals surface area contributed by atoms with Crippen LogP contribution in [0.3, 0.4) is 0 Å². The number of hydrogen-bond acceptors (Lipinski definition) is 5. The molecule has 0 radical (unpaired) electrons. The minimum atomic E-state index is -4.62. The molecule has 4 rings (SSSR count). The highest BCUT2D eigenvalue weighted by molar-refractivity contribution is 6.03. The summed E-state index contributed by atoms with van der Waals surface area (Å²) in [7, 11) is 0. The minimum Gasteiger partial charge on any atom is -0.459 e. The second kappa shape index (κ2) is 8.49. The van der Waals surface area contributed by atoms with Gasteiger partial charge in [0.15, 0.2) is 5.78 Å². The number of rotatable bonds is 4. The number of ether oxygens (including phenoxy) is 2. The average Bonchev–Trinajstić information content (AvgIpc) is 3.24. The second-order valence-corrected chi connectivity index (χ2v) is 8.08. The molecule has 0 aromatic heterocycles. The van der Waals surface area contributed by atoms with E-state index in [-0.39, 0.29) is 41.6 Å². The highest BCUT2D eigenvalue weighted by Crippen LogP contribution is 2.46. The number of halogens is 3. The number of alkyl halides is 3. The van der Waals surface area contributed by atoms with Gasteiger partial charge >= 0.3 is 12.1 Å². The van der Waals surface area contributed by atoms with Crippen LogP contribution in [0.4, 0.5) is 13.2 Å². The molecule has 0 unspecified atom stereocenters. The lowest BCUT2D eigenvalue weighted by atomic mass is 9.74. The van der Waals surface area contributed by atoms with Gasteiger partial charge in [0.1, 0.15) is 6.61 Å². The van der Waals surface area contributed by atoms with Crippen molar-refractivity contribution < 1.29 is 32.2 Å². The lowest BCUT2D eigenvalue weighted by molar-refractivity contribution is -0.143. The molecule has 3 aliphatic rings. The first-order valence-corrected chi connectivity index (χ1v) is 10.5. The number of hydrogen-bond donors (Lipinski definition) is 1. The van der Waals surface area contributed by atoms with E-state index in [0.717, 1.165) is 18.9 Å². The molecule has 1 aliphatic carbocycles. The summed E-state index contributed by atoms with van der Waals surface area (Å²) in [6, 6.07) is 5.11. The second-order valence-electron chi connectivity index (χ2n) is 8.08. The van der Waals surface area contributed by atoms with Gasteiger partial charge in [-0.15, -0.1) is 0 Å². The maximum Gasteiger partial charge on any atom is 0.416 e. The van der Waals surface area contributed by atoms with Crippen molar-refractivity contribution in [2.45, 2.75) is 57.2 Å². The molecule has 31 heavy (non-hydrogen) atoms. The van der Waals surface area contributed by atoms with Crippen LogP contribution < -0.4 is 5.32 Å². The molecule has 1 aromatic rings. The molecule has 1 N–H and O–H groups in total. The van der Waals surface area contributed by atoms with Crippen molar-refractivity contribution in [3.8, 4) is 0 Å². The Morgan fingerprint density at radius 3 is 2.71 bits per heavy atom. The molecular weight excluding hydrogens is 411 g/mol. The molecule has 1 fully saturated rings. The molecule has 166 valence electrons. The lowest BCUT2D eigenvalue weighted by Gasteiger charge is -2.35. The number of ketones is 1. The fourth-order valence-corrected chi connectivity index (χ4v) is 4.59. The van der Waals surface area contributed by atoms with Crippen LogP contribution in [-0.4, -0.2) is 31.1 Å². The predicted octanol–water partition coefficient (Wildman–Crippen LogP) is 4.40. The molecule has 8 heteroatoms. The van der Waals surface area contributed by atoms with E-state index in [2.05, 4.69) is 5.32 Å². The highest BCUT2D eigenvalue weighted by atomic mass is 19.4. The summed E-state index contributed by atoms with van der Waals surface area (Å²) in [6.45, 7) is 2.26. The van der Waals surface area contributed by atoms with E-state index in [1.807, 2.05) is 0 Å². The predicted molar refractivity (Wildman–Crippen MR) is 106 cm³/mol. The fourth-order valence-electron chi connectivity index (χ4n) is 4.59. The normalized spacial score (nSPS) is 24.2. The third-order valence-corrected chi connectivity index (χ3v) is 6.00. The van der Waals surface area contributed by atoms with Crippen molar-refractivity contribution >= 4 is 11.8 Å². The third-order valence-electron chi connectivity index (χ3n) is 6.00. The summed E-state index contributed by atoms with van der Waals surface area (Å²) in [6.07, 6.45) is -1.81. The first-order chi connectivity index (χ1) is 14.8. The Balaban J connectivity index is 1.78. The quantitative estimate of drug-likeness (QED) is 0.711. The third kappa shape index (κ3) is 4.26. The molecule has 1 aromatic carbocycles. The van der Waals surface area contributed by atoms with Crippen LogP contribution in [0.2, 0.25) is 0 Å². The maximum atomic E-state index is 13.8. The Hall–Kier alpha value is -2.61. The van der Waals surface area contributed by atoms with E-state index in [9.17, 15) is 22.8 Å². The number of carbonyl (C=O) groups is 2. The largest absolute Gasteiger partial charge is 0.459 e. The molecule has 0 bridgehead atoms. The molecule has 0 saturated carbocycles. The molecule has 2 aliphatic heterocycles. The molecule has 2 heterocycles. The topological polar surface area (TPSA) is 64.6 Å². The average molecular weight is 435 g/mol. The maximum absolute atomic E-state index is 13.8. The number of benzene rings is 1. The zero-order valence-corrected chi connectivity index (χ0v) is 17.2. The number of carbonyl (C=O) groups excluding carboxylic acids is 2. The van der Waals surface area contributed by atoms with Gasteiger partial charge in [-0.2, -0.15) is 13.2 Å². The van der Waals surface area contributed by atoms with Gasteiger partial charge in [-0.1, -0.05) is 18.2 Å². The lowest BCUT2D eigenvalue weighted by Crippen LogP contribution is -2.35. The fraction of sp³-hybridized carbons (Fsp3) is 0.478. The summed E-state index contributed by atoms with van der Waals surface area (Å²) in [5, 5.41) is 3.09. The van der Waals surface area contributed by atoms with E-state index in [4.69, 9.17) is 9.47 Å². The van der Waals surface area contributed by atoms with Gasteiger partial charge in [-0.25, -0.2) is 4.79 Å². The number of allylic oxidation sites excluding steroid dienone is 3. The smallest absolute Gasteiger partial charge is 0.416 e. The van der Waals surface area contributed by atoms with Crippen molar-refractivity contribution in [1.29, 1.82) is 0 Å². The van der Waals surface area contributed by atoms with Crippen LogP contribution >= 0.6 is 0 Å². The van der Waals surface area contributed by atoms with Gasteiger partial charge < -0.3 is 14.8 Å². The molecule has 0 spiro atoms. The van der Waals surface area contributed by atoms with Crippen molar-refractivity contribution in [2.75, 3.05) is 13.2 Å². The van der Waals surface area contributed by atoms with Crippen molar-refractivity contribution in [3.63, 3.8) is 0 Å². The van der Waals surface area contributed by atoms with E-state index < -0.39 is 23.6 Å². The van der Waals surface area contributed by atoms with Gasteiger partial charge in [0, 0.05) is 35.9 Å². The monoisotopic (exact) mass is 435 g/mol. The Kier molecular flexibility index (Phi) is 5.92. The van der Waals surface area contributed by atoms with Crippen LogP contribution in [0.25, 0.3) is 0 Å². The summed E-state index contributed by atoms with van der Waals surface area (Å²) in [4.78, 5) is 25.9. The van der Waals surface area contributed by atoms with E-state index in [1.54, 1.807) is 6.92 Å². The van der Waals surface area contributed by atoms with Crippen molar-refractivity contribution in [3.05, 3.63) is 57.9 Å². The van der Waals surface area contributed by atoms with E-state index in [1.165, 1.54) is 18.2 Å². The zero-order chi connectivity index (χ0) is 22.2. The summed E-state index contributed by atoms with van der Waals surface area (Å²) < 4.78 is 52.4. The Bertz CT molecular complexity index is 958. The summed E-state index contributed by atoms with van der Waals surface area (Å²) in [5.41, 5.74) is 0.313. The highest BCUT2D eigenvalue weighted by Gasteiger charge is 2.43. The number of dihydropyridines is 1.